The van der Waals surface area contributed by atoms with Gasteiger partial charge in [-0.05, 0) is 18.6 Å². The maximum atomic E-state index is 12.5. The van der Waals surface area contributed by atoms with Crippen LogP contribution in [-0.2, 0) is 13.6 Å². The number of nitrogens with zero attached hydrogens (tertiary/aromatic N) is 2. The first-order chi connectivity index (χ1) is 8.56. The molecule has 0 spiro atoms. The molecule has 0 aliphatic rings. The van der Waals surface area contributed by atoms with Gasteiger partial charge in [0.15, 0.2) is 0 Å². The molecule has 0 saturated heterocycles. The first-order valence-electron chi connectivity index (χ1n) is 5.67. The normalized spacial score (nSPS) is 10.9. The van der Waals surface area contributed by atoms with Crippen molar-refractivity contribution in [3.05, 3.63) is 47.3 Å². The summed E-state index contributed by atoms with van der Waals surface area (Å²) in [7, 11) is 1.84. The Morgan fingerprint density at radius 2 is 2.17 bits per heavy atom. The lowest BCUT2D eigenvalue weighted by molar-refractivity contribution is 0.151. The van der Waals surface area contributed by atoms with Crippen LogP contribution in [-0.4, -0.2) is 9.78 Å². The van der Waals surface area contributed by atoms with E-state index in [9.17, 15) is 8.78 Å². The number of alkyl halides is 2. The molecule has 0 saturated carbocycles. The third-order valence-electron chi connectivity index (χ3n) is 2.70. The lowest BCUT2D eigenvalue weighted by Gasteiger charge is -2.07. The van der Waals surface area contributed by atoms with Crippen LogP contribution in [0.1, 0.15) is 23.2 Å². The molecule has 3 nitrogen and oxygen atoms in total. The standard InChI is InChI=1S/C13H15F2N3/c1-9-12(8-18(2)17-9)16-7-10-4-3-5-11(6-10)13(14)15/h3-6,8,13,16H,7H2,1-2H3. The summed E-state index contributed by atoms with van der Waals surface area (Å²) in [5, 5.41) is 7.39. The van der Waals surface area contributed by atoms with E-state index in [1.165, 1.54) is 12.1 Å². The molecule has 0 fully saturated rings. The third kappa shape index (κ3) is 2.85. The Hall–Kier alpha value is -1.91. The zero-order valence-corrected chi connectivity index (χ0v) is 10.3. The van der Waals surface area contributed by atoms with Crippen LogP contribution in [0, 0.1) is 6.92 Å². The fourth-order valence-corrected chi connectivity index (χ4v) is 1.81. The molecule has 96 valence electrons. The SMILES string of the molecule is Cc1nn(C)cc1NCc1cccc(C(F)F)c1. The van der Waals surface area contributed by atoms with Crippen molar-refractivity contribution < 1.29 is 8.78 Å². The lowest BCUT2D eigenvalue weighted by Crippen LogP contribution is -2.00. The average molecular weight is 251 g/mol. The fourth-order valence-electron chi connectivity index (χ4n) is 1.81. The van der Waals surface area contributed by atoms with Crippen molar-refractivity contribution in [3.63, 3.8) is 0 Å². The summed E-state index contributed by atoms with van der Waals surface area (Å²) in [5.41, 5.74) is 2.69. The summed E-state index contributed by atoms with van der Waals surface area (Å²) < 4.78 is 26.8. The van der Waals surface area contributed by atoms with Crippen molar-refractivity contribution in [2.45, 2.75) is 19.9 Å². The number of aromatic nitrogens is 2. The van der Waals surface area contributed by atoms with Crippen molar-refractivity contribution in [2.24, 2.45) is 7.05 Å². The van der Waals surface area contributed by atoms with E-state index in [-0.39, 0.29) is 5.56 Å². The van der Waals surface area contributed by atoms with Gasteiger partial charge in [0.2, 0.25) is 0 Å². The highest BCUT2D eigenvalue weighted by Gasteiger charge is 2.07. The van der Waals surface area contributed by atoms with Crippen molar-refractivity contribution in [2.75, 3.05) is 5.32 Å². The van der Waals surface area contributed by atoms with E-state index < -0.39 is 6.43 Å². The molecule has 1 N–H and O–H groups in total. The van der Waals surface area contributed by atoms with E-state index in [1.807, 2.05) is 26.2 Å². The molecule has 0 atom stereocenters. The Morgan fingerprint density at radius 1 is 1.39 bits per heavy atom. The van der Waals surface area contributed by atoms with Crippen molar-refractivity contribution >= 4 is 5.69 Å². The molecule has 1 heterocycles. The highest BCUT2D eigenvalue weighted by molar-refractivity contribution is 5.46. The molecule has 0 radical (unpaired) electrons. The molecule has 0 unspecified atom stereocenters. The topological polar surface area (TPSA) is 29.9 Å². The van der Waals surface area contributed by atoms with Gasteiger partial charge < -0.3 is 5.32 Å². The van der Waals surface area contributed by atoms with E-state index >= 15 is 0 Å². The minimum Gasteiger partial charge on any atom is -0.378 e. The smallest absolute Gasteiger partial charge is 0.263 e. The Labute approximate surface area is 104 Å². The summed E-state index contributed by atoms with van der Waals surface area (Å²) in [6.07, 6.45) is -0.558. The molecule has 2 aromatic rings. The predicted molar refractivity (Wildman–Crippen MR) is 66.7 cm³/mol. The van der Waals surface area contributed by atoms with Crippen molar-refractivity contribution in [3.8, 4) is 0 Å². The van der Waals surface area contributed by atoms with Gasteiger partial charge in [0.25, 0.3) is 6.43 Å². The van der Waals surface area contributed by atoms with Crippen LogP contribution in [0.25, 0.3) is 0 Å². The van der Waals surface area contributed by atoms with Crippen LogP contribution >= 0.6 is 0 Å². The summed E-state index contributed by atoms with van der Waals surface area (Å²) in [6, 6.07) is 6.42. The first kappa shape index (κ1) is 12.5. The molecule has 1 aromatic carbocycles. The van der Waals surface area contributed by atoms with Gasteiger partial charge in [0.1, 0.15) is 0 Å². The van der Waals surface area contributed by atoms with Gasteiger partial charge in [-0.15, -0.1) is 0 Å². The number of halogens is 2. The summed E-state index contributed by atoms with van der Waals surface area (Å²) >= 11 is 0. The predicted octanol–water partition coefficient (Wildman–Crippen LogP) is 3.28. The Morgan fingerprint density at radius 3 is 2.78 bits per heavy atom. The minimum absolute atomic E-state index is 0.0530. The van der Waals surface area contributed by atoms with E-state index in [1.54, 1.807) is 10.7 Å². The largest absolute Gasteiger partial charge is 0.378 e. The van der Waals surface area contributed by atoms with Gasteiger partial charge in [-0.3, -0.25) is 4.68 Å². The molecule has 18 heavy (non-hydrogen) atoms. The third-order valence-corrected chi connectivity index (χ3v) is 2.70. The van der Waals surface area contributed by atoms with Gasteiger partial charge in [0.05, 0.1) is 11.4 Å². The van der Waals surface area contributed by atoms with Crippen LogP contribution in [0.15, 0.2) is 30.5 Å². The molecule has 2 rings (SSSR count). The zero-order valence-electron chi connectivity index (χ0n) is 10.3. The molecule has 0 bridgehead atoms. The first-order valence-corrected chi connectivity index (χ1v) is 5.67. The molecule has 0 aliphatic heterocycles. The second-order valence-electron chi connectivity index (χ2n) is 4.20. The number of nitrogens with one attached hydrogen (secondary N) is 1. The number of hydrogen-bond acceptors (Lipinski definition) is 2. The second kappa shape index (κ2) is 5.16. The van der Waals surface area contributed by atoms with Gasteiger partial charge in [-0.2, -0.15) is 5.10 Å². The Bertz CT molecular complexity index is 535. The average Bonchev–Trinajstić information content (AvgIpc) is 2.65. The number of aryl methyl sites for hydroxylation is 2. The number of rotatable bonds is 4. The van der Waals surface area contributed by atoms with E-state index in [4.69, 9.17) is 0 Å². The number of hydrogen-bond donors (Lipinski definition) is 1. The van der Waals surface area contributed by atoms with Gasteiger partial charge in [-0.25, -0.2) is 8.78 Å². The van der Waals surface area contributed by atoms with Crippen LogP contribution in [0.5, 0.6) is 0 Å². The quantitative estimate of drug-likeness (QED) is 0.903. The highest BCUT2D eigenvalue weighted by atomic mass is 19.3. The maximum absolute atomic E-state index is 12.5. The van der Waals surface area contributed by atoms with E-state index in [0.717, 1.165) is 16.9 Å². The maximum Gasteiger partial charge on any atom is 0.263 e. The molecular weight excluding hydrogens is 236 g/mol. The second-order valence-corrected chi connectivity index (χ2v) is 4.20. The van der Waals surface area contributed by atoms with Gasteiger partial charge in [0, 0.05) is 25.4 Å². The van der Waals surface area contributed by atoms with Crippen molar-refractivity contribution in [1.29, 1.82) is 0 Å². The number of benzene rings is 1. The van der Waals surface area contributed by atoms with Crippen molar-refractivity contribution in [1.82, 2.24) is 9.78 Å². The summed E-state index contributed by atoms with van der Waals surface area (Å²) in [5.74, 6) is 0. The van der Waals surface area contributed by atoms with Crippen LogP contribution < -0.4 is 5.32 Å². The van der Waals surface area contributed by atoms with Crippen LogP contribution in [0.2, 0.25) is 0 Å². The van der Waals surface area contributed by atoms with E-state index in [2.05, 4.69) is 10.4 Å². The highest BCUT2D eigenvalue weighted by Crippen LogP contribution is 2.20. The molecule has 1 aromatic heterocycles. The Kier molecular flexibility index (Phi) is 3.60. The van der Waals surface area contributed by atoms with Gasteiger partial charge >= 0.3 is 0 Å². The fraction of sp³-hybridized carbons (Fsp3) is 0.308. The Balaban J connectivity index is 2.06. The van der Waals surface area contributed by atoms with Crippen LogP contribution in [0.4, 0.5) is 14.5 Å². The molecule has 5 heteroatoms. The number of anilines is 1. The van der Waals surface area contributed by atoms with Gasteiger partial charge in [-0.1, -0.05) is 18.2 Å². The zero-order chi connectivity index (χ0) is 13.1. The summed E-state index contributed by atoms with van der Waals surface area (Å²) in [6.45, 7) is 2.41. The molecule has 0 aliphatic carbocycles. The molecule has 0 amide bonds. The minimum atomic E-state index is -2.43. The van der Waals surface area contributed by atoms with E-state index in [0.29, 0.717) is 6.54 Å². The monoisotopic (exact) mass is 251 g/mol. The lowest BCUT2D eigenvalue weighted by atomic mass is 10.1. The summed E-state index contributed by atoms with van der Waals surface area (Å²) in [4.78, 5) is 0. The van der Waals surface area contributed by atoms with Crippen LogP contribution in [0.3, 0.4) is 0 Å². The molecular formula is C13H15F2N3.